The number of carbonyl (C=O) groups excluding carboxylic acids is 2. The zero-order valence-electron chi connectivity index (χ0n) is 19.5. The maximum atomic E-state index is 12.7. The Labute approximate surface area is 182 Å². The van der Waals surface area contributed by atoms with E-state index in [2.05, 4.69) is 27.4 Å². The van der Waals surface area contributed by atoms with Crippen LogP contribution in [0.3, 0.4) is 0 Å². The number of amides is 2. The summed E-state index contributed by atoms with van der Waals surface area (Å²) in [5, 5.41) is 6.25. The molecule has 2 fully saturated rings. The lowest BCUT2D eigenvalue weighted by Gasteiger charge is -2.37. The number of piperazine rings is 1. The number of nitrogens with one attached hydrogen (secondary N) is 2. The number of carbonyl (C=O) groups is 2. The summed E-state index contributed by atoms with van der Waals surface area (Å²) in [5.41, 5.74) is -0.544. The van der Waals surface area contributed by atoms with Gasteiger partial charge in [-0.2, -0.15) is 0 Å². The highest BCUT2D eigenvalue weighted by Gasteiger charge is 2.28. The molecule has 2 amide bonds. The van der Waals surface area contributed by atoms with Gasteiger partial charge in [0.25, 0.3) is 0 Å². The number of guanidine groups is 1. The molecule has 0 aromatic heterocycles. The van der Waals surface area contributed by atoms with Crippen LogP contribution >= 0.6 is 0 Å². The zero-order valence-corrected chi connectivity index (χ0v) is 19.5. The monoisotopic (exact) mass is 422 g/mol. The summed E-state index contributed by atoms with van der Waals surface area (Å²) in [5.74, 6) is 1.16. The topological polar surface area (TPSA) is 80.3 Å². The standard InChI is InChI=1S/C22H42N6O2/c1-5-23-20(30)22(3,4)18-25-21(24-6-2)28-15-13-26(14-16-28)17-19(29)27-11-9-7-8-10-12-27/h5-18H2,1-4H3,(H,23,30)(H,24,25). The van der Waals surface area contributed by atoms with E-state index in [-0.39, 0.29) is 11.8 Å². The van der Waals surface area contributed by atoms with E-state index >= 15 is 0 Å². The molecule has 2 heterocycles. The third-order valence-electron chi connectivity index (χ3n) is 5.90. The largest absolute Gasteiger partial charge is 0.357 e. The molecule has 0 aromatic rings. The van der Waals surface area contributed by atoms with Crippen LogP contribution in [0.25, 0.3) is 0 Å². The van der Waals surface area contributed by atoms with E-state index in [1.807, 2.05) is 25.7 Å². The van der Waals surface area contributed by atoms with Crippen molar-refractivity contribution in [1.29, 1.82) is 0 Å². The average molecular weight is 423 g/mol. The fourth-order valence-corrected chi connectivity index (χ4v) is 3.90. The molecule has 0 bridgehead atoms. The fraction of sp³-hybridized carbons (Fsp3) is 0.864. The number of likely N-dealkylation sites (tertiary alicyclic amines) is 1. The molecule has 2 rings (SSSR count). The third-order valence-corrected chi connectivity index (χ3v) is 5.90. The number of nitrogens with zero attached hydrogens (tertiary/aromatic N) is 4. The molecule has 2 N–H and O–H groups in total. The van der Waals surface area contributed by atoms with E-state index in [0.717, 1.165) is 64.6 Å². The van der Waals surface area contributed by atoms with Gasteiger partial charge in [-0.3, -0.25) is 19.5 Å². The minimum absolute atomic E-state index is 0.0291. The molecule has 0 spiro atoms. The Morgan fingerprint density at radius 1 is 0.833 bits per heavy atom. The normalized spacial score (nSPS) is 19.4. The van der Waals surface area contributed by atoms with E-state index in [0.29, 0.717) is 19.6 Å². The maximum absolute atomic E-state index is 12.7. The van der Waals surface area contributed by atoms with Gasteiger partial charge in [-0.1, -0.05) is 12.8 Å². The second-order valence-corrected chi connectivity index (χ2v) is 8.97. The lowest BCUT2D eigenvalue weighted by Crippen LogP contribution is -2.54. The molecule has 0 atom stereocenters. The van der Waals surface area contributed by atoms with Crippen molar-refractivity contribution in [3.63, 3.8) is 0 Å². The van der Waals surface area contributed by atoms with Crippen LogP contribution in [0, 0.1) is 5.41 Å². The first-order chi connectivity index (χ1) is 14.4. The molecule has 0 aromatic carbocycles. The molecule has 30 heavy (non-hydrogen) atoms. The van der Waals surface area contributed by atoms with Gasteiger partial charge >= 0.3 is 0 Å². The van der Waals surface area contributed by atoms with Crippen LogP contribution in [-0.2, 0) is 9.59 Å². The van der Waals surface area contributed by atoms with E-state index in [4.69, 9.17) is 4.99 Å². The molecule has 0 aliphatic carbocycles. The fourth-order valence-electron chi connectivity index (χ4n) is 3.90. The quantitative estimate of drug-likeness (QED) is 0.475. The van der Waals surface area contributed by atoms with Crippen LogP contribution < -0.4 is 10.6 Å². The van der Waals surface area contributed by atoms with Crippen LogP contribution in [0.4, 0.5) is 0 Å². The minimum atomic E-state index is -0.544. The predicted molar refractivity (Wildman–Crippen MR) is 122 cm³/mol. The first kappa shape index (κ1) is 24.4. The van der Waals surface area contributed by atoms with Crippen LogP contribution in [0.2, 0.25) is 0 Å². The molecule has 8 heteroatoms. The molecule has 2 aliphatic heterocycles. The number of rotatable bonds is 7. The van der Waals surface area contributed by atoms with Gasteiger partial charge in [0.15, 0.2) is 5.96 Å². The molecule has 172 valence electrons. The van der Waals surface area contributed by atoms with Crippen molar-refractivity contribution in [1.82, 2.24) is 25.3 Å². The smallest absolute Gasteiger partial charge is 0.236 e. The van der Waals surface area contributed by atoms with Gasteiger partial charge in [-0.05, 0) is 40.5 Å². The Balaban J connectivity index is 1.87. The van der Waals surface area contributed by atoms with Gasteiger partial charge in [-0.25, -0.2) is 0 Å². The molecule has 0 unspecified atom stereocenters. The Morgan fingerprint density at radius 2 is 1.43 bits per heavy atom. The molecule has 2 aliphatic rings. The summed E-state index contributed by atoms with van der Waals surface area (Å²) in [7, 11) is 0. The van der Waals surface area contributed by atoms with Gasteiger partial charge in [0.2, 0.25) is 11.8 Å². The summed E-state index contributed by atoms with van der Waals surface area (Å²) in [6.07, 6.45) is 4.75. The number of aliphatic imine (C=N–C) groups is 1. The minimum Gasteiger partial charge on any atom is -0.357 e. The Kier molecular flexibility index (Phi) is 9.88. The molecular formula is C22H42N6O2. The molecular weight excluding hydrogens is 380 g/mol. The van der Waals surface area contributed by atoms with E-state index in [1.54, 1.807) is 0 Å². The lowest BCUT2D eigenvalue weighted by molar-refractivity contribution is -0.132. The second-order valence-electron chi connectivity index (χ2n) is 8.97. The maximum Gasteiger partial charge on any atom is 0.236 e. The summed E-state index contributed by atoms with van der Waals surface area (Å²) >= 11 is 0. The average Bonchev–Trinajstić information content (AvgIpc) is 3.01. The summed E-state index contributed by atoms with van der Waals surface area (Å²) in [6, 6.07) is 0. The van der Waals surface area contributed by atoms with Crippen molar-refractivity contribution in [2.45, 2.75) is 53.4 Å². The van der Waals surface area contributed by atoms with Gasteiger partial charge < -0.3 is 20.4 Å². The number of hydrogen-bond donors (Lipinski definition) is 2. The Hall–Kier alpha value is -1.83. The molecule has 0 saturated carbocycles. The van der Waals surface area contributed by atoms with Crippen LogP contribution in [0.15, 0.2) is 4.99 Å². The SMILES string of the molecule is CCNC(=O)C(C)(C)CN=C(NCC)N1CCN(CC(=O)N2CCCCCC2)CC1. The van der Waals surface area contributed by atoms with Crippen molar-refractivity contribution >= 4 is 17.8 Å². The van der Waals surface area contributed by atoms with E-state index in [9.17, 15) is 9.59 Å². The molecule has 2 saturated heterocycles. The lowest BCUT2D eigenvalue weighted by atomic mass is 9.92. The summed E-state index contributed by atoms with van der Waals surface area (Å²) in [6.45, 7) is 15.4. The Bertz CT molecular complexity index is 576. The highest BCUT2D eigenvalue weighted by molar-refractivity contribution is 5.84. The van der Waals surface area contributed by atoms with Crippen LogP contribution in [0.5, 0.6) is 0 Å². The summed E-state index contributed by atoms with van der Waals surface area (Å²) in [4.78, 5) is 36.2. The van der Waals surface area contributed by atoms with Crippen molar-refractivity contribution < 1.29 is 9.59 Å². The Morgan fingerprint density at radius 3 is 2.00 bits per heavy atom. The highest BCUT2D eigenvalue weighted by atomic mass is 16.2. The number of hydrogen-bond acceptors (Lipinski definition) is 4. The molecule has 0 radical (unpaired) electrons. The van der Waals surface area contributed by atoms with Gasteiger partial charge in [-0.15, -0.1) is 0 Å². The van der Waals surface area contributed by atoms with Crippen molar-refractivity contribution in [3.05, 3.63) is 0 Å². The van der Waals surface area contributed by atoms with Crippen LogP contribution in [-0.4, -0.2) is 97.9 Å². The van der Waals surface area contributed by atoms with Gasteiger partial charge in [0, 0.05) is 52.4 Å². The van der Waals surface area contributed by atoms with E-state index < -0.39 is 5.41 Å². The zero-order chi connectivity index (χ0) is 22.0. The highest BCUT2D eigenvalue weighted by Crippen LogP contribution is 2.16. The third kappa shape index (κ3) is 7.45. The van der Waals surface area contributed by atoms with Gasteiger partial charge in [0.05, 0.1) is 18.5 Å². The van der Waals surface area contributed by atoms with Crippen molar-refractivity contribution in [2.24, 2.45) is 10.4 Å². The second kappa shape index (κ2) is 12.1. The summed E-state index contributed by atoms with van der Waals surface area (Å²) < 4.78 is 0. The van der Waals surface area contributed by atoms with E-state index in [1.165, 1.54) is 12.8 Å². The van der Waals surface area contributed by atoms with Gasteiger partial charge in [0.1, 0.15) is 0 Å². The first-order valence-corrected chi connectivity index (χ1v) is 11.7. The predicted octanol–water partition coefficient (Wildman–Crippen LogP) is 1.13. The van der Waals surface area contributed by atoms with Crippen LogP contribution in [0.1, 0.15) is 53.4 Å². The van der Waals surface area contributed by atoms with Crippen molar-refractivity contribution in [2.75, 3.05) is 65.4 Å². The first-order valence-electron chi connectivity index (χ1n) is 11.7. The molecule has 8 nitrogen and oxygen atoms in total. The van der Waals surface area contributed by atoms with Crippen molar-refractivity contribution in [3.8, 4) is 0 Å².